The predicted molar refractivity (Wildman–Crippen MR) is 120 cm³/mol. The first-order chi connectivity index (χ1) is 14.8. The van der Waals surface area contributed by atoms with Gasteiger partial charge in [0.05, 0.1) is 0 Å². The molecule has 0 fully saturated rings. The molecule has 0 aromatic heterocycles. The van der Waals surface area contributed by atoms with Gasteiger partial charge in [-0.15, -0.1) is 0 Å². The SMILES string of the molecule is O=Bc1cc(-c2ccc(OCc3ccccc3)cc2)ccc1OCc1ccccc1. The minimum absolute atomic E-state index is 0.425. The first-order valence-corrected chi connectivity index (χ1v) is 9.85. The number of hydrogen-bond acceptors (Lipinski definition) is 3. The van der Waals surface area contributed by atoms with E-state index in [0.29, 0.717) is 24.4 Å². The van der Waals surface area contributed by atoms with Crippen molar-refractivity contribution in [2.24, 2.45) is 0 Å². The first kappa shape index (κ1) is 19.7. The Kier molecular flexibility index (Phi) is 6.36. The van der Waals surface area contributed by atoms with Gasteiger partial charge in [0.25, 0.3) is 0 Å². The Hall–Kier alpha value is -3.66. The topological polar surface area (TPSA) is 35.5 Å². The summed E-state index contributed by atoms with van der Waals surface area (Å²) in [6.45, 7) is 0.956. The molecule has 4 rings (SSSR count). The molecule has 4 heteroatoms. The Morgan fingerprint density at radius 1 is 0.600 bits per heavy atom. The second kappa shape index (κ2) is 9.70. The zero-order valence-corrected chi connectivity index (χ0v) is 16.5. The standard InChI is InChI=1S/C26H21BO3/c28-27-25-17-23(13-16-26(25)30-19-21-9-5-2-6-10-21)22-11-14-24(15-12-22)29-18-20-7-3-1-4-8-20/h1-17H,18-19H2. The van der Waals surface area contributed by atoms with Crippen LogP contribution in [0.2, 0.25) is 0 Å². The number of rotatable bonds is 8. The van der Waals surface area contributed by atoms with E-state index >= 15 is 0 Å². The summed E-state index contributed by atoms with van der Waals surface area (Å²) in [7, 11) is 0.834. The van der Waals surface area contributed by atoms with Crippen LogP contribution in [0, 0.1) is 0 Å². The van der Waals surface area contributed by atoms with E-state index in [0.717, 1.165) is 35.2 Å². The zero-order valence-electron chi connectivity index (χ0n) is 16.5. The molecule has 30 heavy (non-hydrogen) atoms. The Labute approximate surface area is 177 Å². The average Bonchev–Trinajstić information content (AvgIpc) is 2.83. The van der Waals surface area contributed by atoms with Crippen LogP contribution in [-0.4, -0.2) is 7.15 Å². The molecule has 3 nitrogen and oxygen atoms in total. The van der Waals surface area contributed by atoms with Crippen LogP contribution in [-0.2, 0) is 17.9 Å². The summed E-state index contributed by atoms with van der Waals surface area (Å²) >= 11 is 0. The van der Waals surface area contributed by atoms with Crippen LogP contribution in [0.5, 0.6) is 11.5 Å². The zero-order chi connectivity index (χ0) is 20.6. The molecule has 0 heterocycles. The summed E-state index contributed by atoms with van der Waals surface area (Å²) < 4.78 is 23.3. The molecule has 0 N–H and O–H groups in total. The van der Waals surface area contributed by atoms with Crippen LogP contribution in [0.4, 0.5) is 0 Å². The number of hydrogen-bond donors (Lipinski definition) is 0. The van der Waals surface area contributed by atoms with Crippen LogP contribution >= 0.6 is 0 Å². The third-order valence-corrected chi connectivity index (χ3v) is 4.81. The summed E-state index contributed by atoms with van der Waals surface area (Å²) in [5.74, 6) is 1.39. The Bertz CT molecular complexity index is 1090. The van der Waals surface area contributed by atoms with Crippen molar-refractivity contribution in [1.29, 1.82) is 0 Å². The summed E-state index contributed by atoms with van der Waals surface area (Å²) in [6, 6.07) is 33.5. The van der Waals surface area contributed by atoms with E-state index in [4.69, 9.17) is 9.47 Å². The molecule has 4 aromatic rings. The molecule has 0 bridgehead atoms. The van der Waals surface area contributed by atoms with Gasteiger partial charge >= 0.3 is 171 Å². The molecule has 0 saturated heterocycles. The molecular formula is C26H21BO3. The van der Waals surface area contributed by atoms with Gasteiger partial charge in [-0.25, -0.2) is 0 Å². The Balaban J connectivity index is 1.43. The van der Waals surface area contributed by atoms with Crippen molar-refractivity contribution >= 4 is 12.6 Å². The molecule has 0 aliphatic carbocycles. The third kappa shape index (κ3) is 5.03. The predicted octanol–water partition coefficient (Wildman–Crippen LogP) is 5.19. The van der Waals surface area contributed by atoms with Gasteiger partial charge in [0.1, 0.15) is 0 Å². The normalized spacial score (nSPS) is 10.3. The van der Waals surface area contributed by atoms with E-state index in [9.17, 15) is 4.70 Å². The van der Waals surface area contributed by atoms with Crippen LogP contribution in [0.15, 0.2) is 103 Å². The van der Waals surface area contributed by atoms with Crippen molar-refractivity contribution in [2.75, 3.05) is 0 Å². The van der Waals surface area contributed by atoms with E-state index in [2.05, 4.69) is 0 Å². The Morgan fingerprint density at radius 2 is 1.17 bits per heavy atom. The fraction of sp³-hybridized carbons (Fsp3) is 0.0769. The minimum atomic E-state index is 0.425. The van der Waals surface area contributed by atoms with Crippen molar-refractivity contribution in [2.45, 2.75) is 13.2 Å². The molecular weight excluding hydrogens is 371 g/mol. The number of benzene rings is 4. The number of ether oxygens (including phenoxy) is 2. The van der Waals surface area contributed by atoms with Crippen LogP contribution < -0.4 is 14.9 Å². The van der Waals surface area contributed by atoms with Gasteiger partial charge in [-0.1, -0.05) is 6.07 Å². The Morgan fingerprint density at radius 3 is 1.77 bits per heavy atom. The first-order valence-electron chi connectivity index (χ1n) is 9.85. The monoisotopic (exact) mass is 392 g/mol. The molecule has 0 spiro atoms. The van der Waals surface area contributed by atoms with Gasteiger partial charge in [-0.2, -0.15) is 0 Å². The maximum absolute atomic E-state index is 11.6. The van der Waals surface area contributed by atoms with Crippen molar-refractivity contribution in [3.63, 3.8) is 0 Å². The van der Waals surface area contributed by atoms with Crippen molar-refractivity contribution in [3.05, 3.63) is 114 Å². The van der Waals surface area contributed by atoms with Crippen LogP contribution in [0.3, 0.4) is 0 Å². The molecule has 146 valence electrons. The summed E-state index contributed by atoms with van der Waals surface area (Å²) in [6.07, 6.45) is 0. The van der Waals surface area contributed by atoms with E-state index < -0.39 is 0 Å². The van der Waals surface area contributed by atoms with E-state index in [1.54, 1.807) is 0 Å². The van der Waals surface area contributed by atoms with Gasteiger partial charge in [-0.3, -0.25) is 0 Å². The van der Waals surface area contributed by atoms with E-state index in [1.165, 1.54) is 0 Å². The maximum atomic E-state index is 11.6. The summed E-state index contributed by atoms with van der Waals surface area (Å²) in [5.41, 5.74) is 4.69. The molecule has 0 aliphatic heterocycles. The van der Waals surface area contributed by atoms with Crippen LogP contribution in [0.25, 0.3) is 11.1 Å². The van der Waals surface area contributed by atoms with E-state index in [1.807, 2.05) is 103 Å². The second-order valence-corrected chi connectivity index (χ2v) is 6.94. The van der Waals surface area contributed by atoms with E-state index in [-0.39, 0.29) is 0 Å². The molecule has 0 aliphatic rings. The fourth-order valence-corrected chi connectivity index (χ4v) is 3.17. The third-order valence-electron chi connectivity index (χ3n) is 4.81. The van der Waals surface area contributed by atoms with Crippen molar-refractivity contribution < 1.29 is 14.2 Å². The van der Waals surface area contributed by atoms with Gasteiger partial charge in [0.2, 0.25) is 0 Å². The van der Waals surface area contributed by atoms with Gasteiger partial charge < -0.3 is 0 Å². The van der Waals surface area contributed by atoms with Crippen molar-refractivity contribution in [3.8, 4) is 22.6 Å². The fourth-order valence-electron chi connectivity index (χ4n) is 3.17. The molecule has 0 unspecified atom stereocenters. The van der Waals surface area contributed by atoms with Crippen LogP contribution in [0.1, 0.15) is 11.1 Å². The molecule has 0 radical (unpaired) electrons. The van der Waals surface area contributed by atoms with Gasteiger partial charge in [-0.05, 0) is 0 Å². The summed E-state index contributed by atoms with van der Waals surface area (Å²) in [5, 5.41) is 0. The molecule has 4 aromatic carbocycles. The molecule has 0 amide bonds. The average molecular weight is 392 g/mol. The van der Waals surface area contributed by atoms with Crippen molar-refractivity contribution in [1.82, 2.24) is 0 Å². The molecule has 0 saturated carbocycles. The second-order valence-electron chi connectivity index (χ2n) is 6.94. The van der Waals surface area contributed by atoms with Gasteiger partial charge in [0.15, 0.2) is 0 Å². The van der Waals surface area contributed by atoms with Gasteiger partial charge in [0, 0.05) is 0 Å². The molecule has 0 atom stereocenters. The quantitative estimate of drug-likeness (QED) is 0.388. The summed E-state index contributed by atoms with van der Waals surface area (Å²) in [4.78, 5) is 0.